The molecule has 0 amide bonds. The fourth-order valence-electron chi connectivity index (χ4n) is 1.16. The van der Waals surface area contributed by atoms with Gasteiger partial charge in [0.25, 0.3) is 6.29 Å². The Morgan fingerprint density at radius 2 is 2.17 bits per heavy atom. The number of benzene rings is 1. The highest BCUT2D eigenvalue weighted by Gasteiger charge is 1.99. The molecular formula is C9H5ClNO. The van der Waals surface area contributed by atoms with E-state index in [1.165, 1.54) is 0 Å². The van der Waals surface area contributed by atoms with E-state index in [0.29, 0.717) is 10.7 Å². The fraction of sp³-hybridized carbons (Fsp3) is 0. The van der Waals surface area contributed by atoms with Crippen LogP contribution in [0.2, 0.25) is 5.02 Å². The van der Waals surface area contributed by atoms with E-state index in [1.54, 1.807) is 24.5 Å². The van der Waals surface area contributed by atoms with Crippen LogP contribution in [0, 0.1) is 0 Å². The normalized spacial score (nSPS) is 10.4. The van der Waals surface area contributed by atoms with Crippen LogP contribution >= 0.6 is 11.6 Å². The molecule has 0 unspecified atom stereocenters. The number of hydrogen-bond acceptors (Lipinski definition) is 1. The molecule has 2 nitrogen and oxygen atoms in total. The number of fused-ring (bicyclic) bond motifs is 1. The summed E-state index contributed by atoms with van der Waals surface area (Å²) in [6.07, 6.45) is 1.79. The first-order valence-electron chi connectivity index (χ1n) is 3.46. The second-order valence-electron chi connectivity index (χ2n) is 2.52. The van der Waals surface area contributed by atoms with Crippen LogP contribution in [-0.4, -0.2) is 11.3 Å². The maximum absolute atomic E-state index is 10.3. The Labute approximate surface area is 74.2 Å². The number of aromatic nitrogens is 1. The van der Waals surface area contributed by atoms with Crippen LogP contribution in [0.15, 0.2) is 24.3 Å². The summed E-state index contributed by atoms with van der Waals surface area (Å²) in [4.78, 5) is 13.2. The highest BCUT2D eigenvalue weighted by molar-refractivity contribution is 6.31. The van der Waals surface area contributed by atoms with Crippen LogP contribution < -0.4 is 0 Å². The standard InChI is InChI=1S/C9H5ClNO/c10-7-1-2-9-6(3-7)4-8(5-12)11-9/h1-4,11H. The molecule has 0 aliphatic heterocycles. The maximum Gasteiger partial charge on any atom is 0.251 e. The summed E-state index contributed by atoms with van der Waals surface area (Å²) >= 11 is 5.76. The van der Waals surface area contributed by atoms with Gasteiger partial charge in [0.1, 0.15) is 0 Å². The SMILES string of the molecule is O=[C]c1cc2cc(Cl)ccc2[nH]1. The zero-order valence-corrected chi connectivity index (χ0v) is 6.85. The highest BCUT2D eigenvalue weighted by atomic mass is 35.5. The van der Waals surface area contributed by atoms with Gasteiger partial charge in [-0.3, -0.25) is 4.79 Å². The number of rotatable bonds is 1. The predicted octanol–water partition coefficient (Wildman–Crippen LogP) is 2.28. The van der Waals surface area contributed by atoms with Crippen molar-refractivity contribution >= 4 is 28.8 Å². The molecule has 0 aliphatic carbocycles. The molecule has 1 aromatic carbocycles. The number of aromatic amines is 1. The Hall–Kier alpha value is -1.28. The van der Waals surface area contributed by atoms with E-state index in [0.717, 1.165) is 10.9 Å². The van der Waals surface area contributed by atoms with Gasteiger partial charge in [0.2, 0.25) is 0 Å². The molecule has 1 N–H and O–H groups in total. The third kappa shape index (κ3) is 1.10. The summed E-state index contributed by atoms with van der Waals surface area (Å²) in [6, 6.07) is 7.12. The van der Waals surface area contributed by atoms with E-state index >= 15 is 0 Å². The fourth-order valence-corrected chi connectivity index (χ4v) is 1.34. The van der Waals surface area contributed by atoms with Gasteiger partial charge in [-0.25, -0.2) is 0 Å². The minimum atomic E-state index is 0.451. The summed E-state index contributed by atoms with van der Waals surface area (Å²) in [5.74, 6) is 0. The molecule has 3 heteroatoms. The summed E-state index contributed by atoms with van der Waals surface area (Å²) < 4.78 is 0. The van der Waals surface area contributed by atoms with Crippen molar-refractivity contribution in [2.24, 2.45) is 0 Å². The van der Waals surface area contributed by atoms with Crippen molar-refractivity contribution in [2.45, 2.75) is 0 Å². The van der Waals surface area contributed by atoms with Gasteiger partial charge in [0.15, 0.2) is 0 Å². The third-order valence-electron chi connectivity index (χ3n) is 1.69. The Morgan fingerprint density at radius 1 is 1.33 bits per heavy atom. The van der Waals surface area contributed by atoms with E-state index in [-0.39, 0.29) is 0 Å². The number of H-pyrrole nitrogens is 1. The molecule has 1 radical (unpaired) electrons. The van der Waals surface area contributed by atoms with Crippen LogP contribution in [0.5, 0.6) is 0 Å². The van der Waals surface area contributed by atoms with Gasteiger partial charge in [-0.15, -0.1) is 0 Å². The largest absolute Gasteiger partial charge is 0.352 e. The van der Waals surface area contributed by atoms with Crippen LogP contribution in [0.4, 0.5) is 0 Å². The number of nitrogens with one attached hydrogen (secondary N) is 1. The number of hydrogen-bond donors (Lipinski definition) is 1. The van der Waals surface area contributed by atoms with Crippen LogP contribution in [0.3, 0.4) is 0 Å². The Bertz CT molecular complexity index is 433. The zero-order chi connectivity index (χ0) is 8.55. The molecule has 0 saturated carbocycles. The molecule has 0 bridgehead atoms. The molecule has 0 aliphatic rings. The minimum Gasteiger partial charge on any atom is -0.352 e. The van der Waals surface area contributed by atoms with Crippen molar-refractivity contribution in [1.29, 1.82) is 0 Å². The van der Waals surface area contributed by atoms with Crippen LogP contribution in [-0.2, 0) is 4.79 Å². The van der Waals surface area contributed by atoms with Crippen molar-refractivity contribution < 1.29 is 4.79 Å². The third-order valence-corrected chi connectivity index (χ3v) is 1.93. The minimum absolute atomic E-state index is 0.451. The Morgan fingerprint density at radius 3 is 2.92 bits per heavy atom. The lowest BCUT2D eigenvalue weighted by molar-refractivity contribution is 0.562. The molecule has 1 aromatic heterocycles. The average Bonchev–Trinajstić information content (AvgIpc) is 2.46. The van der Waals surface area contributed by atoms with Gasteiger partial charge in [-0.2, -0.15) is 0 Å². The van der Waals surface area contributed by atoms with Crippen LogP contribution in [0.25, 0.3) is 10.9 Å². The second-order valence-corrected chi connectivity index (χ2v) is 2.95. The van der Waals surface area contributed by atoms with E-state index in [1.807, 2.05) is 6.07 Å². The molecular weight excluding hydrogens is 174 g/mol. The van der Waals surface area contributed by atoms with Crippen LogP contribution in [0.1, 0.15) is 5.69 Å². The first-order chi connectivity index (χ1) is 5.79. The van der Waals surface area contributed by atoms with Gasteiger partial charge in [-0.1, -0.05) is 11.6 Å². The average molecular weight is 179 g/mol. The lowest BCUT2D eigenvalue weighted by Gasteiger charge is -1.88. The quantitative estimate of drug-likeness (QED) is 0.714. The van der Waals surface area contributed by atoms with Gasteiger partial charge in [0.05, 0.1) is 5.69 Å². The topological polar surface area (TPSA) is 32.9 Å². The van der Waals surface area contributed by atoms with Crippen molar-refractivity contribution in [1.82, 2.24) is 4.98 Å². The molecule has 12 heavy (non-hydrogen) atoms. The van der Waals surface area contributed by atoms with Gasteiger partial charge >= 0.3 is 0 Å². The van der Waals surface area contributed by atoms with Gasteiger partial charge in [-0.05, 0) is 24.3 Å². The lowest BCUT2D eigenvalue weighted by atomic mass is 10.2. The van der Waals surface area contributed by atoms with Crippen molar-refractivity contribution in [3.8, 4) is 0 Å². The van der Waals surface area contributed by atoms with Crippen molar-refractivity contribution in [3.63, 3.8) is 0 Å². The second kappa shape index (κ2) is 2.64. The number of carbonyl (C=O) groups excluding carboxylic acids is 1. The maximum atomic E-state index is 10.3. The Kier molecular flexibility index (Phi) is 1.62. The highest BCUT2D eigenvalue weighted by Crippen LogP contribution is 2.19. The van der Waals surface area contributed by atoms with Gasteiger partial charge in [0, 0.05) is 15.9 Å². The first-order valence-corrected chi connectivity index (χ1v) is 3.84. The molecule has 2 aromatic rings. The molecule has 59 valence electrons. The molecule has 0 atom stereocenters. The lowest BCUT2D eigenvalue weighted by Crippen LogP contribution is -1.75. The molecule has 0 spiro atoms. The molecule has 1 heterocycles. The Balaban J connectivity index is 2.75. The zero-order valence-electron chi connectivity index (χ0n) is 6.10. The van der Waals surface area contributed by atoms with Crippen molar-refractivity contribution in [3.05, 3.63) is 35.0 Å². The summed E-state index contributed by atoms with van der Waals surface area (Å²) in [5.41, 5.74) is 1.35. The van der Waals surface area contributed by atoms with Crippen molar-refractivity contribution in [2.75, 3.05) is 0 Å². The summed E-state index contributed by atoms with van der Waals surface area (Å²) in [6.45, 7) is 0. The first kappa shape index (κ1) is 7.37. The summed E-state index contributed by atoms with van der Waals surface area (Å²) in [5, 5.41) is 1.60. The molecule has 0 fully saturated rings. The number of halogens is 1. The van der Waals surface area contributed by atoms with Gasteiger partial charge < -0.3 is 4.98 Å². The summed E-state index contributed by atoms with van der Waals surface area (Å²) in [7, 11) is 0. The predicted molar refractivity (Wildman–Crippen MR) is 48.1 cm³/mol. The van der Waals surface area contributed by atoms with E-state index in [2.05, 4.69) is 4.98 Å². The van der Waals surface area contributed by atoms with E-state index < -0.39 is 0 Å². The van der Waals surface area contributed by atoms with E-state index in [9.17, 15) is 4.79 Å². The molecule has 2 rings (SSSR count). The molecule has 0 saturated heterocycles. The monoisotopic (exact) mass is 178 g/mol. The van der Waals surface area contributed by atoms with E-state index in [4.69, 9.17) is 11.6 Å². The smallest absolute Gasteiger partial charge is 0.251 e.